The van der Waals surface area contributed by atoms with Crippen LogP contribution in [0.3, 0.4) is 0 Å². The summed E-state index contributed by atoms with van der Waals surface area (Å²) in [5.41, 5.74) is 7.44. The van der Waals surface area contributed by atoms with Crippen molar-refractivity contribution < 1.29 is 4.79 Å². The Morgan fingerprint density at radius 3 is 2.45 bits per heavy atom. The van der Waals surface area contributed by atoms with Gasteiger partial charge >= 0.3 is 0 Å². The Morgan fingerprint density at radius 2 is 1.95 bits per heavy atom. The number of nitrogens with one attached hydrogen (secondary N) is 1. The number of amides is 1. The van der Waals surface area contributed by atoms with Gasteiger partial charge < -0.3 is 16.0 Å². The molecule has 1 atom stereocenters. The number of benzene rings is 1. The number of carbonyl (C=O) groups is 1. The maximum Gasteiger partial charge on any atom is 0.242 e. The maximum absolute atomic E-state index is 12.4. The van der Waals surface area contributed by atoms with Gasteiger partial charge in [0.15, 0.2) is 0 Å². The minimum absolute atomic E-state index is 0.0224. The van der Waals surface area contributed by atoms with Gasteiger partial charge in [0.05, 0.1) is 11.4 Å². The van der Waals surface area contributed by atoms with Crippen LogP contribution in [-0.4, -0.2) is 24.0 Å². The lowest BCUT2D eigenvalue weighted by atomic mass is 10.1. The van der Waals surface area contributed by atoms with Crippen LogP contribution >= 0.6 is 0 Å². The molecule has 0 saturated heterocycles. The topological polar surface area (TPSA) is 58.4 Å². The predicted molar refractivity (Wildman–Crippen MR) is 85.8 cm³/mol. The van der Waals surface area contributed by atoms with E-state index >= 15 is 0 Å². The molecule has 0 bridgehead atoms. The van der Waals surface area contributed by atoms with E-state index in [1.807, 2.05) is 52.0 Å². The molecule has 0 radical (unpaired) electrons. The first-order valence-corrected chi connectivity index (χ1v) is 7.19. The zero-order valence-corrected chi connectivity index (χ0v) is 13.2. The number of para-hydroxylation sites is 2. The zero-order chi connectivity index (χ0) is 15.3. The summed E-state index contributed by atoms with van der Waals surface area (Å²) in [5.74, 6) is 0.0224. The van der Waals surface area contributed by atoms with Crippen molar-refractivity contribution in [2.45, 2.75) is 52.6 Å². The molecule has 0 aliphatic carbocycles. The largest absolute Gasteiger partial charge is 0.397 e. The Hall–Kier alpha value is -1.71. The van der Waals surface area contributed by atoms with E-state index < -0.39 is 0 Å². The normalized spacial score (nSPS) is 12.8. The first-order chi connectivity index (χ1) is 9.26. The van der Waals surface area contributed by atoms with Gasteiger partial charge in [0, 0.05) is 12.1 Å². The number of rotatable bonds is 5. The fraction of sp³-hybridized carbons (Fsp3) is 0.562. The van der Waals surface area contributed by atoms with Crippen LogP contribution in [0, 0.1) is 0 Å². The third-order valence-electron chi connectivity index (χ3n) is 3.06. The Balaban J connectivity index is 2.96. The van der Waals surface area contributed by atoms with Gasteiger partial charge in [-0.15, -0.1) is 0 Å². The number of hydrogen-bond acceptors (Lipinski definition) is 3. The molecular weight excluding hydrogens is 250 g/mol. The standard InChI is InChI=1S/C16H27N3O/c1-6-11-19(14-10-8-7-9-13(14)17)12(2)15(20)18-16(3,4)5/h7-10,12H,6,11,17H2,1-5H3,(H,18,20). The van der Waals surface area contributed by atoms with Gasteiger partial charge in [0.2, 0.25) is 5.91 Å². The number of nitrogens with two attached hydrogens (primary N) is 1. The van der Waals surface area contributed by atoms with Crippen molar-refractivity contribution >= 4 is 17.3 Å². The Labute approximate surface area is 122 Å². The molecule has 112 valence electrons. The lowest BCUT2D eigenvalue weighted by molar-refractivity contribution is -0.123. The zero-order valence-electron chi connectivity index (χ0n) is 13.2. The summed E-state index contributed by atoms with van der Waals surface area (Å²) in [6.07, 6.45) is 0.960. The van der Waals surface area contributed by atoms with Crippen molar-refractivity contribution in [2.24, 2.45) is 0 Å². The summed E-state index contributed by atoms with van der Waals surface area (Å²) in [4.78, 5) is 14.4. The Kier molecular flexibility index (Phi) is 5.43. The smallest absolute Gasteiger partial charge is 0.242 e. The number of carbonyl (C=O) groups excluding carboxylic acids is 1. The summed E-state index contributed by atoms with van der Waals surface area (Å²) >= 11 is 0. The number of anilines is 2. The third kappa shape index (κ3) is 4.44. The van der Waals surface area contributed by atoms with Gasteiger partial charge in [-0.2, -0.15) is 0 Å². The molecule has 1 unspecified atom stereocenters. The van der Waals surface area contributed by atoms with Crippen LogP contribution in [0.15, 0.2) is 24.3 Å². The number of nitrogens with zero attached hydrogens (tertiary/aromatic N) is 1. The van der Waals surface area contributed by atoms with Crippen LogP contribution < -0.4 is 16.0 Å². The van der Waals surface area contributed by atoms with Gasteiger partial charge in [-0.1, -0.05) is 19.1 Å². The van der Waals surface area contributed by atoms with Gasteiger partial charge in [-0.25, -0.2) is 0 Å². The van der Waals surface area contributed by atoms with Crippen molar-refractivity contribution in [1.29, 1.82) is 0 Å². The lowest BCUT2D eigenvalue weighted by Crippen LogP contribution is -2.51. The molecule has 20 heavy (non-hydrogen) atoms. The van der Waals surface area contributed by atoms with Crippen LogP contribution in [0.25, 0.3) is 0 Å². The molecular formula is C16H27N3O. The van der Waals surface area contributed by atoms with Gasteiger partial charge in [0.25, 0.3) is 0 Å². The Morgan fingerprint density at radius 1 is 1.35 bits per heavy atom. The highest BCUT2D eigenvalue weighted by molar-refractivity contribution is 5.86. The van der Waals surface area contributed by atoms with Gasteiger partial charge in [-0.3, -0.25) is 4.79 Å². The number of nitrogen functional groups attached to an aromatic ring is 1. The van der Waals surface area contributed by atoms with Crippen molar-refractivity contribution in [1.82, 2.24) is 5.32 Å². The molecule has 0 aliphatic rings. The third-order valence-corrected chi connectivity index (χ3v) is 3.06. The van der Waals surface area contributed by atoms with Crippen molar-refractivity contribution in [3.05, 3.63) is 24.3 Å². The van der Waals surface area contributed by atoms with Crippen LogP contribution in [0.1, 0.15) is 41.0 Å². The minimum Gasteiger partial charge on any atom is -0.397 e. The first kappa shape index (κ1) is 16.3. The quantitative estimate of drug-likeness (QED) is 0.814. The highest BCUT2D eigenvalue weighted by Gasteiger charge is 2.25. The summed E-state index contributed by atoms with van der Waals surface area (Å²) < 4.78 is 0. The predicted octanol–water partition coefficient (Wildman–Crippen LogP) is 2.79. The molecule has 0 fully saturated rings. The molecule has 0 aliphatic heterocycles. The van der Waals surface area contributed by atoms with Crippen LogP contribution in [-0.2, 0) is 4.79 Å². The van der Waals surface area contributed by atoms with E-state index in [1.54, 1.807) is 0 Å². The van der Waals surface area contributed by atoms with E-state index in [4.69, 9.17) is 5.73 Å². The average Bonchev–Trinajstić information content (AvgIpc) is 2.34. The molecule has 1 aromatic rings. The molecule has 0 aromatic heterocycles. The van der Waals surface area contributed by atoms with Crippen molar-refractivity contribution in [2.75, 3.05) is 17.2 Å². The second kappa shape index (κ2) is 6.64. The highest BCUT2D eigenvalue weighted by atomic mass is 16.2. The van der Waals surface area contributed by atoms with Gasteiger partial charge in [0.1, 0.15) is 6.04 Å². The first-order valence-electron chi connectivity index (χ1n) is 7.19. The monoisotopic (exact) mass is 277 g/mol. The SMILES string of the molecule is CCCN(c1ccccc1N)C(C)C(=O)NC(C)(C)C. The maximum atomic E-state index is 12.4. The molecule has 4 nitrogen and oxygen atoms in total. The molecule has 0 heterocycles. The fourth-order valence-electron chi connectivity index (χ4n) is 2.13. The van der Waals surface area contributed by atoms with Crippen LogP contribution in [0.5, 0.6) is 0 Å². The van der Waals surface area contributed by atoms with E-state index in [0.717, 1.165) is 18.7 Å². The van der Waals surface area contributed by atoms with E-state index in [0.29, 0.717) is 5.69 Å². The summed E-state index contributed by atoms with van der Waals surface area (Å²) in [6.45, 7) is 10.8. The number of hydrogen-bond donors (Lipinski definition) is 2. The molecule has 1 amide bonds. The van der Waals surface area contributed by atoms with Crippen LogP contribution in [0.2, 0.25) is 0 Å². The molecule has 0 saturated carbocycles. The molecule has 3 N–H and O–H groups in total. The second-order valence-electron chi connectivity index (χ2n) is 6.17. The lowest BCUT2D eigenvalue weighted by Gasteiger charge is -2.33. The molecule has 1 rings (SSSR count). The minimum atomic E-state index is -0.251. The van der Waals surface area contributed by atoms with E-state index in [1.165, 1.54) is 0 Å². The summed E-state index contributed by atoms with van der Waals surface area (Å²) in [6, 6.07) is 7.43. The Bertz CT molecular complexity index is 451. The van der Waals surface area contributed by atoms with Gasteiger partial charge in [-0.05, 0) is 46.2 Å². The van der Waals surface area contributed by atoms with E-state index in [2.05, 4.69) is 17.1 Å². The van der Waals surface area contributed by atoms with E-state index in [-0.39, 0.29) is 17.5 Å². The molecule has 4 heteroatoms. The molecule has 0 spiro atoms. The molecule has 1 aromatic carbocycles. The average molecular weight is 277 g/mol. The second-order valence-corrected chi connectivity index (χ2v) is 6.17. The summed E-state index contributed by atoms with van der Waals surface area (Å²) in [5, 5.41) is 3.03. The summed E-state index contributed by atoms with van der Waals surface area (Å²) in [7, 11) is 0. The van der Waals surface area contributed by atoms with Crippen molar-refractivity contribution in [3.63, 3.8) is 0 Å². The van der Waals surface area contributed by atoms with Crippen molar-refractivity contribution in [3.8, 4) is 0 Å². The fourth-order valence-corrected chi connectivity index (χ4v) is 2.13. The van der Waals surface area contributed by atoms with E-state index in [9.17, 15) is 4.79 Å². The van der Waals surface area contributed by atoms with Crippen LogP contribution in [0.4, 0.5) is 11.4 Å². The highest BCUT2D eigenvalue weighted by Crippen LogP contribution is 2.25.